The zero-order chi connectivity index (χ0) is 26.2. The summed E-state index contributed by atoms with van der Waals surface area (Å²) in [7, 11) is 1.89. The molecule has 1 aromatic rings. The lowest BCUT2D eigenvalue weighted by Crippen LogP contribution is -2.54. The number of halogens is 4. The van der Waals surface area contributed by atoms with E-state index in [1.165, 1.54) is 23.4 Å². The largest absolute Gasteiger partial charge is 0.418 e. The first kappa shape index (κ1) is 25.6. The van der Waals surface area contributed by atoms with Gasteiger partial charge in [-0.2, -0.15) is 13.2 Å². The topological polar surface area (TPSA) is 49.4 Å². The fraction of sp³-hybridized carbons (Fsp3) is 0.643. The van der Waals surface area contributed by atoms with E-state index in [9.17, 15) is 22.8 Å². The molecular weight excluding hydrogens is 489 g/mol. The van der Waals surface area contributed by atoms with Crippen molar-refractivity contribution in [1.82, 2.24) is 4.90 Å². The summed E-state index contributed by atoms with van der Waals surface area (Å²) in [6.07, 6.45) is 1.06. The van der Waals surface area contributed by atoms with Crippen molar-refractivity contribution in [2.24, 2.45) is 34.5 Å². The molecule has 1 aliphatic heterocycles. The molecule has 3 aliphatic carbocycles. The number of hydrogen-bond donors (Lipinski definition) is 1. The summed E-state index contributed by atoms with van der Waals surface area (Å²) in [5, 5.41) is 2.48. The van der Waals surface area contributed by atoms with E-state index in [4.69, 9.17) is 11.6 Å². The molecule has 0 spiro atoms. The van der Waals surface area contributed by atoms with E-state index in [0.717, 1.165) is 38.2 Å². The number of para-hydroxylation sites is 1. The van der Waals surface area contributed by atoms with Crippen LogP contribution >= 0.6 is 11.6 Å². The van der Waals surface area contributed by atoms with E-state index >= 15 is 0 Å². The molecular formula is C28H34ClF3N2O2. The third kappa shape index (κ3) is 3.71. The number of amides is 2. The van der Waals surface area contributed by atoms with Gasteiger partial charge in [0.05, 0.1) is 16.3 Å². The van der Waals surface area contributed by atoms with Crippen molar-refractivity contribution in [3.63, 3.8) is 0 Å². The van der Waals surface area contributed by atoms with Crippen LogP contribution in [0.15, 0.2) is 29.5 Å². The Morgan fingerprint density at radius 1 is 1.14 bits per heavy atom. The number of nitrogens with zero attached hydrogens (tertiary/aromatic N) is 1. The number of allylic oxidation sites excluding steroid dienone is 2. The molecule has 0 radical (unpaired) electrons. The van der Waals surface area contributed by atoms with Gasteiger partial charge >= 0.3 is 6.18 Å². The molecule has 2 unspecified atom stereocenters. The fourth-order valence-corrected chi connectivity index (χ4v) is 8.86. The summed E-state index contributed by atoms with van der Waals surface area (Å²) >= 11 is 6.12. The van der Waals surface area contributed by atoms with Gasteiger partial charge in [-0.15, -0.1) is 0 Å². The molecule has 0 bridgehead atoms. The Balaban J connectivity index is 1.43. The van der Waals surface area contributed by atoms with E-state index in [2.05, 4.69) is 26.1 Å². The fourth-order valence-electron chi connectivity index (χ4n) is 8.64. The van der Waals surface area contributed by atoms with E-state index in [1.54, 1.807) is 0 Å². The second-order valence-electron chi connectivity index (χ2n) is 11.9. The molecule has 1 aromatic carbocycles. The van der Waals surface area contributed by atoms with E-state index in [0.29, 0.717) is 30.6 Å². The van der Waals surface area contributed by atoms with Crippen LogP contribution in [0.3, 0.4) is 0 Å². The molecule has 3 fully saturated rings. The predicted octanol–water partition coefficient (Wildman–Crippen LogP) is 7.29. The lowest BCUT2D eigenvalue weighted by molar-refractivity contribution is -0.138. The first-order valence-corrected chi connectivity index (χ1v) is 13.3. The number of anilines is 1. The monoisotopic (exact) mass is 522 g/mol. The maximum atomic E-state index is 13.6. The summed E-state index contributed by atoms with van der Waals surface area (Å²) in [6.45, 7) is 6.61. The van der Waals surface area contributed by atoms with E-state index < -0.39 is 11.7 Å². The van der Waals surface area contributed by atoms with Crippen molar-refractivity contribution in [2.75, 3.05) is 12.4 Å². The molecule has 5 rings (SSSR count). The van der Waals surface area contributed by atoms with Crippen LogP contribution in [0.5, 0.6) is 0 Å². The molecule has 8 heteroatoms. The first-order valence-electron chi connectivity index (χ1n) is 12.9. The van der Waals surface area contributed by atoms with Gasteiger partial charge in [-0.3, -0.25) is 9.59 Å². The van der Waals surface area contributed by atoms with Gasteiger partial charge in [0.25, 0.3) is 0 Å². The lowest BCUT2D eigenvalue weighted by Gasteiger charge is -2.59. The Bertz CT molecular complexity index is 1150. The molecule has 2 amide bonds. The molecule has 4 aliphatic rings. The normalized spacial score (nSPS) is 36.3. The Labute approximate surface area is 215 Å². The molecule has 4 nitrogen and oxygen atoms in total. The number of piperidine rings is 1. The third-order valence-electron chi connectivity index (χ3n) is 10.2. The van der Waals surface area contributed by atoms with Crippen molar-refractivity contribution in [1.29, 1.82) is 0 Å². The molecule has 0 aromatic heterocycles. The van der Waals surface area contributed by atoms with Gasteiger partial charge in [-0.25, -0.2) is 0 Å². The van der Waals surface area contributed by atoms with Gasteiger partial charge in [0.2, 0.25) is 11.8 Å². The molecule has 1 N–H and O–H groups in total. The quantitative estimate of drug-likeness (QED) is 0.443. The van der Waals surface area contributed by atoms with Crippen molar-refractivity contribution in [3.05, 3.63) is 40.1 Å². The minimum Gasteiger partial charge on any atom is -0.324 e. The highest BCUT2D eigenvalue weighted by Crippen LogP contribution is 2.67. The lowest BCUT2D eigenvalue weighted by atomic mass is 9.48. The number of likely N-dealkylation sites (tertiary alicyclic amines) is 1. The summed E-state index contributed by atoms with van der Waals surface area (Å²) in [5.41, 5.74) is 0.843. The van der Waals surface area contributed by atoms with Crippen molar-refractivity contribution in [3.8, 4) is 0 Å². The number of nitrogens with one attached hydrogen (secondary N) is 1. The highest BCUT2D eigenvalue weighted by atomic mass is 35.5. The Morgan fingerprint density at radius 2 is 1.86 bits per heavy atom. The predicted molar refractivity (Wildman–Crippen MR) is 133 cm³/mol. The highest BCUT2D eigenvalue weighted by Gasteiger charge is 2.61. The zero-order valence-corrected chi connectivity index (χ0v) is 22.0. The van der Waals surface area contributed by atoms with Gasteiger partial charge in [0.15, 0.2) is 0 Å². The minimum atomic E-state index is -4.61. The van der Waals surface area contributed by atoms with Gasteiger partial charge in [0, 0.05) is 30.5 Å². The zero-order valence-electron chi connectivity index (χ0n) is 21.3. The van der Waals surface area contributed by atoms with Gasteiger partial charge in [-0.1, -0.05) is 37.1 Å². The molecule has 196 valence electrons. The minimum absolute atomic E-state index is 0.0590. The molecule has 6 atom stereocenters. The third-order valence-corrected chi connectivity index (χ3v) is 10.5. The second-order valence-corrected chi connectivity index (χ2v) is 12.3. The maximum absolute atomic E-state index is 13.6. The highest BCUT2D eigenvalue weighted by molar-refractivity contribution is 6.34. The van der Waals surface area contributed by atoms with Crippen molar-refractivity contribution in [2.45, 2.75) is 71.9 Å². The van der Waals surface area contributed by atoms with Crippen LogP contribution in [-0.4, -0.2) is 23.8 Å². The van der Waals surface area contributed by atoms with E-state index in [1.807, 2.05) is 11.9 Å². The number of rotatable bonds is 2. The molecule has 2 saturated carbocycles. The SMILES string of the molecule is CC1=C2N(C)C(=O)CC[C@]2(C)C2CC[C@]3(C)[C@@H](C(=O)Nc4c(Cl)cccc4C(F)(F)F)CC[C@H]3C2C1. The van der Waals surface area contributed by atoms with Gasteiger partial charge in [0.1, 0.15) is 0 Å². The van der Waals surface area contributed by atoms with Crippen molar-refractivity contribution >= 4 is 29.1 Å². The summed E-state index contributed by atoms with van der Waals surface area (Å²) in [5.74, 6) is 0.604. The van der Waals surface area contributed by atoms with E-state index in [-0.39, 0.29) is 39.3 Å². The van der Waals surface area contributed by atoms with Crippen molar-refractivity contribution < 1.29 is 22.8 Å². The van der Waals surface area contributed by atoms with Crippen LogP contribution in [0.25, 0.3) is 0 Å². The number of fused-ring (bicyclic) bond motifs is 5. The summed E-state index contributed by atoms with van der Waals surface area (Å²) in [6, 6.07) is 3.57. The average Bonchev–Trinajstić information content (AvgIpc) is 3.14. The summed E-state index contributed by atoms with van der Waals surface area (Å²) < 4.78 is 40.8. The first-order chi connectivity index (χ1) is 16.8. The molecule has 36 heavy (non-hydrogen) atoms. The molecule has 1 heterocycles. The average molecular weight is 523 g/mol. The standard InChI is InChI=1S/C28H34ClF3N2O2/c1-15-14-16-17-8-9-20(25(36)33-23-19(28(30,31)32)6-5-7-21(23)29)26(17,2)12-10-18(16)27(3)13-11-22(35)34(4)24(15)27/h5-7,16-18,20H,8-14H2,1-4H3,(H,33,36)/t16?,17-,18?,20+,26-,27+/m0/s1. The van der Waals surface area contributed by atoms with Crippen LogP contribution in [0.1, 0.15) is 71.3 Å². The number of benzene rings is 1. The van der Waals surface area contributed by atoms with Gasteiger partial charge in [-0.05, 0) is 80.8 Å². The maximum Gasteiger partial charge on any atom is 0.418 e. The number of alkyl halides is 3. The number of carbonyl (C=O) groups is 2. The second kappa shape index (κ2) is 8.50. The van der Waals surface area contributed by atoms with Crippen LogP contribution in [-0.2, 0) is 15.8 Å². The Hall–Kier alpha value is -2.02. The van der Waals surface area contributed by atoms with Crippen LogP contribution in [0.4, 0.5) is 18.9 Å². The van der Waals surface area contributed by atoms with Crippen LogP contribution in [0.2, 0.25) is 5.02 Å². The smallest absolute Gasteiger partial charge is 0.324 e. The Kier molecular flexibility index (Phi) is 6.05. The number of carbonyl (C=O) groups excluding carboxylic acids is 2. The summed E-state index contributed by atoms with van der Waals surface area (Å²) in [4.78, 5) is 27.9. The molecule has 1 saturated heterocycles. The van der Waals surface area contributed by atoms with Gasteiger partial charge < -0.3 is 10.2 Å². The number of hydrogen-bond acceptors (Lipinski definition) is 2. The van der Waals surface area contributed by atoms with Crippen LogP contribution in [0, 0.1) is 34.5 Å². The Morgan fingerprint density at radius 3 is 2.56 bits per heavy atom. The van der Waals surface area contributed by atoms with Crippen LogP contribution < -0.4 is 5.32 Å².